The molecule has 0 saturated carbocycles. The lowest BCUT2D eigenvalue weighted by Gasteiger charge is -2.16. The summed E-state index contributed by atoms with van der Waals surface area (Å²) in [6.07, 6.45) is 49.8. The number of benzene rings is 2. The Balaban J connectivity index is 1.56. The van der Waals surface area contributed by atoms with Crippen molar-refractivity contribution in [3.63, 3.8) is 0 Å². The molecule has 0 aromatic heterocycles. The average Bonchev–Trinajstić information content (AvgIpc) is 3.16. The summed E-state index contributed by atoms with van der Waals surface area (Å²) >= 11 is 0. The smallest absolute Gasteiger partial charge is 0.119 e. The maximum Gasteiger partial charge on any atom is 0.119 e. The highest BCUT2D eigenvalue weighted by molar-refractivity contribution is 5.48. The van der Waals surface area contributed by atoms with Gasteiger partial charge in [-0.15, -0.1) is 0 Å². The molecule has 53 heavy (non-hydrogen) atoms. The van der Waals surface area contributed by atoms with Gasteiger partial charge in [0.25, 0.3) is 0 Å². The van der Waals surface area contributed by atoms with E-state index in [4.69, 9.17) is 0 Å². The molecule has 0 atom stereocenters. The molecule has 0 saturated heterocycles. The molecule has 2 nitrogen and oxygen atoms in total. The molecule has 0 aliphatic heterocycles. The van der Waals surface area contributed by atoms with E-state index < -0.39 is 0 Å². The van der Waals surface area contributed by atoms with Crippen molar-refractivity contribution in [2.45, 2.75) is 251 Å². The monoisotopic (exact) mass is 733 g/mol. The molecule has 0 radical (unpaired) electrons. The Morgan fingerprint density at radius 3 is 0.774 bits per heavy atom. The molecule has 304 valence electrons. The van der Waals surface area contributed by atoms with Gasteiger partial charge >= 0.3 is 0 Å². The van der Waals surface area contributed by atoms with Crippen molar-refractivity contribution < 1.29 is 10.2 Å². The van der Waals surface area contributed by atoms with Crippen LogP contribution in [0.1, 0.15) is 254 Å². The average molecular weight is 733 g/mol. The summed E-state index contributed by atoms with van der Waals surface area (Å²) in [6.45, 7) is 4.59. The zero-order chi connectivity index (χ0) is 37.9. The third-order valence-electron chi connectivity index (χ3n) is 11.9. The van der Waals surface area contributed by atoms with Gasteiger partial charge in [-0.25, -0.2) is 0 Å². The van der Waals surface area contributed by atoms with Gasteiger partial charge in [0.15, 0.2) is 0 Å². The first-order chi connectivity index (χ1) is 26.2. The van der Waals surface area contributed by atoms with Crippen LogP contribution >= 0.6 is 0 Å². The van der Waals surface area contributed by atoms with Gasteiger partial charge in [-0.3, -0.25) is 0 Å². The summed E-state index contributed by atoms with van der Waals surface area (Å²) in [5.74, 6) is 0.753. The van der Waals surface area contributed by atoms with Crippen molar-refractivity contribution in [1.29, 1.82) is 0 Å². The molecule has 2 aromatic rings. The van der Waals surface area contributed by atoms with Crippen LogP contribution in [0.3, 0.4) is 0 Å². The number of phenols is 2. The Labute approximate surface area is 330 Å². The zero-order valence-electron chi connectivity index (χ0n) is 35.5. The Bertz CT molecular complexity index is 1000. The number of hydrogen-bond acceptors (Lipinski definition) is 2. The molecule has 0 heterocycles. The Morgan fingerprint density at radius 2 is 0.528 bits per heavy atom. The van der Waals surface area contributed by atoms with Gasteiger partial charge < -0.3 is 10.2 Å². The van der Waals surface area contributed by atoms with Crippen molar-refractivity contribution in [2.24, 2.45) is 0 Å². The Kier molecular flexibility index (Phi) is 30.7. The van der Waals surface area contributed by atoms with Crippen LogP contribution in [0.15, 0.2) is 36.4 Å². The fourth-order valence-corrected chi connectivity index (χ4v) is 8.38. The van der Waals surface area contributed by atoms with Gasteiger partial charge in [0, 0.05) is 17.5 Å². The summed E-state index contributed by atoms with van der Waals surface area (Å²) in [7, 11) is 0. The number of rotatable bonds is 38. The van der Waals surface area contributed by atoms with E-state index in [0.29, 0.717) is 17.9 Å². The van der Waals surface area contributed by atoms with Crippen LogP contribution in [0, 0.1) is 0 Å². The number of aromatic hydroxyl groups is 2. The molecule has 2 aromatic carbocycles. The second-order valence-electron chi connectivity index (χ2n) is 16.8. The first kappa shape index (κ1) is 47.2. The van der Waals surface area contributed by atoms with Crippen molar-refractivity contribution in [3.8, 4) is 11.5 Å². The molecule has 0 spiro atoms. The summed E-state index contributed by atoms with van der Waals surface area (Å²) < 4.78 is 0. The van der Waals surface area contributed by atoms with Crippen LogP contribution in [0.25, 0.3) is 0 Å². The SMILES string of the molecule is CCCCCCCCCCCCCCCCCCCc1cccc(O)c1Cc1c(O)cccc1CCCCCCCCCCCCCCCCCCC. The van der Waals surface area contributed by atoms with Gasteiger partial charge in [-0.2, -0.15) is 0 Å². The fraction of sp³-hybridized carbons (Fsp3) is 0.765. The predicted molar refractivity (Wildman–Crippen MR) is 235 cm³/mol. The molecule has 2 N–H and O–H groups in total. The molecule has 0 fully saturated rings. The highest BCUT2D eigenvalue weighted by atomic mass is 16.3. The van der Waals surface area contributed by atoms with Crippen LogP contribution in [0.4, 0.5) is 0 Å². The van der Waals surface area contributed by atoms with E-state index in [2.05, 4.69) is 26.0 Å². The highest BCUT2D eigenvalue weighted by Gasteiger charge is 2.14. The van der Waals surface area contributed by atoms with E-state index in [1.54, 1.807) is 0 Å². The van der Waals surface area contributed by atoms with Gasteiger partial charge in [0.05, 0.1) is 0 Å². The van der Waals surface area contributed by atoms with Crippen molar-refractivity contribution in [2.75, 3.05) is 0 Å². The molecule has 0 aliphatic carbocycles. The molecule has 2 rings (SSSR count). The van der Waals surface area contributed by atoms with E-state index in [1.807, 2.05) is 24.3 Å². The number of hydrogen-bond donors (Lipinski definition) is 2. The Hall–Kier alpha value is -1.96. The van der Waals surface area contributed by atoms with Gasteiger partial charge in [0.1, 0.15) is 11.5 Å². The minimum absolute atomic E-state index is 0.376. The summed E-state index contributed by atoms with van der Waals surface area (Å²) in [4.78, 5) is 0. The molecule has 0 amide bonds. The van der Waals surface area contributed by atoms with Crippen LogP contribution < -0.4 is 0 Å². The predicted octanol–water partition coefficient (Wildman–Crippen LogP) is 17.1. The number of phenolic OH excluding ortho intramolecular Hbond substituents is 2. The lowest BCUT2D eigenvalue weighted by atomic mass is 9.91. The standard InChI is InChI=1S/C51H88O2/c1-3-5-7-9-11-13-15-17-19-21-23-25-27-29-31-33-35-39-46-41-37-43-50(52)48(46)45-49-47(42-38-44-51(49)53)40-36-34-32-30-28-26-24-22-20-18-16-14-12-10-8-6-4-2/h37-38,41-44,52-53H,3-36,39-40,45H2,1-2H3. The second-order valence-corrected chi connectivity index (χ2v) is 16.8. The van der Waals surface area contributed by atoms with Crippen LogP contribution in [-0.2, 0) is 19.3 Å². The first-order valence-corrected chi connectivity index (χ1v) is 23.8. The molecule has 0 unspecified atom stereocenters. The van der Waals surface area contributed by atoms with E-state index in [1.165, 1.54) is 229 Å². The largest absolute Gasteiger partial charge is 0.508 e. The van der Waals surface area contributed by atoms with Crippen molar-refractivity contribution in [1.82, 2.24) is 0 Å². The second kappa shape index (κ2) is 34.5. The quantitative estimate of drug-likeness (QED) is 0.0675. The van der Waals surface area contributed by atoms with E-state index in [-0.39, 0.29) is 0 Å². The topological polar surface area (TPSA) is 40.5 Å². The molecular formula is C51H88O2. The van der Waals surface area contributed by atoms with Gasteiger partial charge in [0.2, 0.25) is 0 Å². The van der Waals surface area contributed by atoms with Crippen molar-refractivity contribution in [3.05, 3.63) is 58.7 Å². The maximum atomic E-state index is 10.9. The van der Waals surface area contributed by atoms with Crippen LogP contribution in [0.2, 0.25) is 0 Å². The maximum absolute atomic E-state index is 10.9. The summed E-state index contributed by atoms with van der Waals surface area (Å²) in [5.41, 5.74) is 4.51. The molecule has 2 heteroatoms. The van der Waals surface area contributed by atoms with Crippen LogP contribution in [0.5, 0.6) is 11.5 Å². The third kappa shape index (κ3) is 24.9. The van der Waals surface area contributed by atoms with Gasteiger partial charge in [-0.05, 0) is 48.9 Å². The summed E-state index contributed by atoms with van der Waals surface area (Å²) in [6, 6.07) is 12.0. The normalized spacial score (nSPS) is 11.5. The number of unbranched alkanes of at least 4 members (excludes halogenated alkanes) is 32. The minimum Gasteiger partial charge on any atom is -0.508 e. The highest BCUT2D eigenvalue weighted by Crippen LogP contribution is 2.32. The minimum atomic E-state index is 0.376. The zero-order valence-corrected chi connectivity index (χ0v) is 35.5. The molecule has 0 aliphatic rings. The van der Waals surface area contributed by atoms with E-state index >= 15 is 0 Å². The summed E-state index contributed by atoms with van der Waals surface area (Å²) in [5, 5.41) is 21.9. The lowest BCUT2D eigenvalue weighted by molar-refractivity contribution is 0.460. The van der Waals surface area contributed by atoms with Crippen LogP contribution in [-0.4, -0.2) is 10.2 Å². The van der Waals surface area contributed by atoms with E-state index in [0.717, 1.165) is 24.0 Å². The molecule has 0 bridgehead atoms. The lowest BCUT2D eigenvalue weighted by Crippen LogP contribution is -2.01. The number of aryl methyl sites for hydroxylation is 2. The van der Waals surface area contributed by atoms with Crippen molar-refractivity contribution >= 4 is 0 Å². The molecular weight excluding hydrogens is 645 g/mol. The van der Waals surface area contributed by atoms with E-state index in [9.17, 15) is 10.2 Å². The first-order valence-electron chi connectivity index (χ1n) is 23.8. The fourth-order valence-electron chi connectivity index (χ4n) is 8.38. The third-order valence-corrected chi connectivity index (χ3v) is 11.9. The van der Waals surface area contributed by atoms with Gasteiger partial charge in [-0.1, -0.05) is 244 Å². The Morgan fingerprint density at radius 1 is 0.302 bits per heavy atom.